The lowest BCUT2D eigenvalue weighted by Crippen LogP contribution is -1.98. The van der Waals surface area contributed by atoms with Crippen molar-refractivity contribution in [3.05, 3.63) is 60.2 Å². The van der Waals surface area contributed by atoms with Gasteiger partial charge in [0.1, 0.15) is 11.5 Å². The van der Waals surface area contributed by atoms with Gasteiger partial charge in [-0.15, -0.1) is 0 Å². The molecule has 2 aromatic carbocycles. The Morgan fingerprint density at radius 2 is 1.72 bits per heavy atom. The second-order valence-corrected chi connectivity index (χ2v) is 4.29. The first-order valence-corrected chi connectivity index (χ1v) is 6.30. The molecule has 0 spiro atoms. The van der Waals surface area contributed by atoms with Crippen LogP contribution in [0.25, 0.3) is 0 Å². The summed E-state index contributed by atoms with van der Waals surface area (Å²) in [6.45, 7) is 0.691. The molecule has 2 rings (SSSR count). The number of benzene rings is 2. The summed E-state index contributed by atoms with van der Waals surface area (Å²) >= 11 is 0. The summed E-state index contributed by atoms with van der Waals surface area (Å²) in [4.78, 5) is 0. The Morgan fingerprint density at radius 3 is 2.50 bits per heavy atom. The second-order valence-electron chi connectivity index (χ2n) is 4.29. The van der Waals surface area contributed by atoms with E-state index in [4.69, 9.17) is 4.74 Å². The summed E-state index contributed by atoms with van der Waals surface area (Å²) in [7, 11) is 0. The molecule has 0 aliphatic carbocycles. The maximum Gasteiger partial charge on any atom is 0.122 e. The van der Waals surface area contributed by atoms with E-state index in [0.29, 0.717) is 6.61 Å². The molecule has 0 aliphatic heterocycles. The summed E-state index contributed by atoms with van der Waals surface area (Å²) in [6.07, 6.45) is 3.22. The Morgan fingerprint density at radius 1 is 0.889 bits per heavy atom. The van der Waals surface area contributed by atoms with Crippen LogP contribution in [-0.4, -0.2) is 11.7 Å². The van der Waals surface area contributed by atoms with Crippen LogP contribution in [0.1, 0.15) is 18.4 Å². The third-order valence-electron chi connectivity index (χ3n) is 2.79. The van der Waals surface area contributed by atoms with E-state index >= 15 is 0 Å². The number of rotatable bonds is 6. The summed E-state index contributed by atoms with van der Waals surface area (Å²) in [5.74, 6) is 0.978. The van der Waals surface area contributed by atoms with Crippen LogP contribution < -0.4 is 4.74 Å². The molecule has 1 N–H and O–H groups in total. The SMILES string of the molecule is Oc1cccc(OCCCCc2ccccc2)c1. The average Bonchev–Trinajstić information content (AvgIpc) is 2.40. The van der Waals surface area contributed by atoms with Crippen LogP contribution in [0.3, 0.4) is 0 Å². The molecule has 0 unspecified atom stereocenters. The molecule has 0 atom stereocenters. The van der Waals surface area contributed by atoms with Crippen LogP contribution in [0.5, 0.6) is 11.5 Å². The first-order valence-electron chi connectivity index (χ1n) is 6.30. The molecule has 0 aliphatic rings. The van der Waals surface area contributed by atoms with Gasteiger partial charge in [-0.3, -0.25) is 0 Å². The van der Waals surface area contributed by atoms with Crippen molar-refractivity contribution in [2.45, 2.75) is 19.3 Å². The quantitative estimate of drug-likeness (QED) is 0.781. The molecule has 0 amide bonds. The van der Waals surface area contributed by atoms with Crippen LogP contribution in [0.4, 0.5) is 0 Å². The van der Waals surface area contributed by atoms with Gasteiger partial charge in [-0.2, -0.15) is 0 Å². The summed E-state index contributed by atoms with van der Waals surface area (Å²) < 4.78 is 5.56. The molecule has 0 heterocycles. The Balaban J connectivity index is 1.65. The molecular formula is C16H18O2. The molecule has 2 nitrogen and oxygen atoms in total. The first-order chi connectivity index (χ1) is 8.84. The lowest BCUT2D eigenvalue weighted by molar-refractivity contribution is 0.305. The fourth-order valence-corrected chi connectivity index (χ4v) is 1.84. The maximum absolute atomic E-state index is 9.28. The number of unbranched alkanes of at least 4 members (excludes halogenated alkanes) is 1. The van der Waals surface area contributed by atoms with Crippen molar-refractivity contribution in [3.63, 3.8) is 0 Å². The maximum atomic E-state index is 9.28. The van der Waals surface area contributed by atoms with Crippen molar-refractivity contribution < 1.29 is 9.84 Å². The van der Waals surface area contributed by atoms with Crippen LogP contribution in [0.2, 0.25) is 0 Å². The highest BCUT2D eigenvalue weighted by Gasteiger charge is 1.96. The van der Waals surface area contributed by atoms with Gasteiger partial charge in [-0.25, -0.2) is 0 Å². The van der Waals surface area contributed by atoms with Crippen molar-refractivity contribution >= 4 is 0 Å². The zero-order valence-corrected chi connectivity index (χ0v) is 10.4. The zero-order valence-electron chi connectivity index (χ0n) is 10.4. The van der Waals surface area contributed by atoms with E-state index in [0.717, 1.165) is 25.0 Å². The Kier molecular flexibility index (Phi) is 4.65. The second kappa shape index (κ2) is 6.70. The minimum atomic E-state index is 0.247. The third-order valence-corrected chi connectivity index (χ3v) is 2.79. The number of phenols is 1. The van der Waals surface area contributed by atoms with Crippen molar-refractivity contribution in [3.8, 4) is 11.5 Å². The van der Waals surface area contributed by atoms with Gasteiger partial charge in [-0.1, -0.05) is 36.4 Å². The van der Waals surface area contributed by atoms with E-state index in [-0.39, 0.29) is 5.75 Å². The van der Waals surface area contributed by atoms with Gasteiger partial charge >= 0.3 is 0 Å². The summed E-state index contributed by atoms with van der Waals surface area (Å²) in [6, 6.07) is 17.4. The fourth-order valence-electron chi connectivity index (χ4n) is 1.84. The van der Waals surface area contributed by atoms with Gasteiger partial charge < -0.3 is 9.84 Å². The van der Waals surface area contributed by atoms with E-state index in [1.165, 1.54) is 5.56 Å². The first kappa shape index (κ1) is 12.5. The predicted octanol–water partition coefficient (Wildman–Crippen LogP) is 3.79. The van der Waals surface area contributed by atoms with E-state index in [1.807, 2.05) is 12.1 Å². The Hall–Kier alpha value is -1.96. The number of hydrogen-bond acceptors (Lipinski definition) is 2. The average molecular weight is 242 g/mol. The van der Waals surface area contributed by atoms with Crippen LogP contribution >= 0.6 is 0 Å². The van der Waals surface area contributed by atoms with Crippen molar-refractivity contribution in [1.82, 2.24) is 0 Å². The number of phenolic OH excluding ortho intramolecular Hbond substituents is 1. The smallest absolute Gasteiger partial charge is 0.122 e. The lowest BCUT2D eigenvalue weighted by atomic mass is 10.1. The normalized spacial score (nSPS) is 10.2. The number of aromatic hydroxyl groups is 1. The minimum Gasteiger partial charge on any atom is -0.508 e. The molecular weight excluding hydrogens is 224 g/mol. The van der Waals surface area contributed by atoms with Gasteiger partial charge in [0.25, 0.3) is 0 Å². The highest BCUT2D eigenvalue weighted by molar-refractivity contribution is 5.31. The summed E-state index contributed by atoms with van der Waals surface area (Å²) in [5, 5.41) is 9.28. The number of aryl methyl sites for hydroxylation is 1. The highest BCUT2D eigenvalue weighted by atomic mass is 16.5. The zero-order chi connectivity index (χ0) is 12.6. The molecule has 0 saturated heterocycles. The van der Waals surface area contributed by atoms with Crippen LogP contribution in [0, 0.1) is 0 Å². The topological polar surface area (TPSA) is 29.5 Å². The monoisotopic (exact) mass is 242 g/mol. The van der Waals surface area contributed by atoms with Crippen molar-refractivity contribution in [2.24, 2.45) is 0 Å². The van der Waals surface area contributed by atoms with Gasteiger partial charge in [0.15, 0.2) is 0 Å². The number of ether oxygens (including phenoxy) is 1. The molecule has 94 valence electrons. The van der Waals surface area contributed by atoms with Crippen LogP contribution in [-0.2, 0) is 6.42 Å². The standard InChI is InChI=1S/C16H18O2/c17-15-10-6-11-16(13-15)18-12-5-4-9-14-7-2-1-3-8-14/h1-3,6-8,10-11,13,17H,4-5,9,12H2. The molecule has 2 heteroatoms. The largest absolute Gasteiger partial charge is 0.508 e. The van der Waals surface area contributed by atoms with Crippen LogP contribution in [0.15, 0.2) is 54.6 Å². The molecule has 0 saturated carbocycles. The molecule has 0 radical (unpaired) electrons. The van der Waals surface area contributed by atoms with Gasteiger partial charge in [-0.05, 0) is 37.0 Å². The van der Waals surface area contributed by atoms with Gasteiger partial charge in [0, 0.05) is 6.07 Å². The van der Waals surface area contributed by atoms with Crippen molar-refractivity contribution in [2.75, 3.05) is 6.61 Å². The van der Waals surface area contributed by atoms with E-state index in [9.17, 15) is 5.11 Å². The Labute approximate surface area is 108 Å². The molecule has 18 heavy (non-hydrogen) atoms. The Bertz CT molecular complexity index is 466. The van der Waals surface area contributed by atoms with Gasteiger partial charge in [0.05, 0.1) is 6.61 Å². The van der Waals surface area contributed by atoms with Crippen molar-refractivity contribution in [1.29, 1.82) is 0 Å². The molecule has 0 bridgehead atoms. The van der Waals surface area contributed by atoms with E-state index < -0.39 is 0 Å². The molecule has 0 aromatic heterocycles. The van der Waals surface area contributed by atoms with Gasteiger partial charge in [0.2, 0.25) is 0 Å². The predicted molar refractivity (Wildman–Crippen MR) is 73.0 cm³/mol. The number of hydrogen-bond donors (Lipinski definition) is 1. The minimum absolute atomic E-state index is 0.247. The molecule has 2 aromatic rings. The third kappa shape index (κ3) is 4.13. The summed E-state index contributed by atoms with van der Waals surface area (Å²) in [5.41, 5.74) is 1.37. The van der Waals surface area contributed by atoms with E-state index in [2.05, 4.69) is 24.3 Å². The highest BCUT2D eigenvalue weighted by Crippen LogP contribution is 2.17. The lowest BCUT2D eigenvalue weighted by Gasteiger charge is -2.06. The fraction of sp³-hybridized carbons (Fsp3) is 0.250. The van der Waals surface area contributed by atoms with E-state index in [1.54, 1.807) is 18.2 Å². The molecule has 0 fully saturated rings.